The quantitative estimate of drug-likeness (QED) is 0.316. The highest BCUT2D eigenvalue weighted by Gasteiger charge is 2.32. The molecule has 0 spiro atoms. The Hall–Kier alpha value is -2.92. The summed E-state index contributed by atoms with van der Waals surface area (Å²) in [6.07, 6.45) is 0.529. The number of rotatable bonds is 11. The van der Waals surface area contributed by atoms with Gasteiger partial charge in [0.1, 0.15) is 12.6 Å². The summed E-state index contributed by atoms with van der Waals surface area (Å²) in [5.74, 6) is -0.747. The lowest BCUT2D eigenvalue weighted by Gasteiger charge is -2.32. The first-order valence-electron chi connectivity index (χ1n) is 12.1. The summed E-state index contributed by atoms with van der Waals surface area (Å²) in [6.45, 7) is 5.20. The molecule has 0 unspecified atom stereocenters. The Bertz CT molecular complexity index is 1280. The highest BCUT2D eigenvalue weighted by molar-refractivity contribution is 14.1. The molecule has 0 saturated carbocycles. The molecule has 0 radical (unpaired) electrons. The molecule has 0 saturated heterocycles. The third kappa shape index (κ3) is 7.78. The number of nitrogens with zero attached hydrogens (tertiary/aromatic N) is 2. The van der Waals surface area contributed by atoms with Crippen LogP contribution >= 0.6 is 22.6 Å². The zero-order valence-electron chi connectivity index (χ0n) is 21.2. The van der Waals surface area contributed by atoms with Crippen molar-refractivity contribution in [2.45, 2.75) is 44.2 Å². The predicted octanol–water partition coefficient (Wildman–Crippen LogP) is 4.47. The number of carbonyl (C=O) groups excluding carboxylic acids is 2. The number of sulfonamides is 1. The number of amides is 2. The topological polar surface area (TPSA) is 86.8 Å². The van der Waals surface area contributed by atoms with Crippen LogP contribution in [-0.2, 0) is 26.0 Å². The molecule has 0 fully saturated rings. The Labute approximate surface area is 233 Å². The van der Waals surface area contributed by atoms with Crippen molar-refractivity contribution in [3.05, 3.63) is 94.1 Å². The number of hydrogen-bond acceptors (Lipinski definition) is 4. The van der Waals surface area contributed by atoms with Gasteiger partial charge in [-0.05, 0) is 91.7 Å². The van der Waals surface area contributed by atoms with E-state index in [4.69, 9.17) is 0 Å². The number of halogens is 1. The molecule has 3 rings (SSSR count). The molecule has 3 aromatic carbocycles. The highest BCUT2D eigenvalue weighted by atomic mass is 127. The minimum atomic E-state index is -4.04. The van der Waals surface area contributed by atoms with Gasteiger partial charge >= 0.3 is 0 Å². The van der Waals surface area contributed by atoms with E-state index in [1.807, 2.05) is 44.2 Å². The number of benzene rings is 3. The van der Waals surface area contributed by atoms with Gasteiger partial charge < -0.3 is 10.2 Å². The summed E-state index contributed by atoms with van der Waals surface area (Å²) in [5.41, 5.74) is 1.39. The van der Waals surface area contributed by atoms with Gasteiger partial charge in [-0.25, -0.2) is 8.42 Å². The van der Waals surface area contributed by atoms with Crippen LogP contribution in [0.25, 0.3) is 0 Å². The minimum absolute atomic E-state index is 0.0859. The summed E-state index contributed by atoms with van der Waals surface area (Å²) < 4.78 is 29.4. The molecule has 37 heavy (non-hydrogen) atoms. The van der Waals surface area contributed by atoms with Crippen molar-refractivity contribution in [1.29, 1.82) is 0 Å². The average molecular weight is 634 g/mol. The van der Waals surface area contributed by atoms with E-state index in [-0.39, 0.29) is 23.4 Å². The number of hydrogen-bond donors (Lipinski definition) is 1. The van der Waals surface area contributed by atoms with Crippen LogP contribution in [0.2, 0.25) is 0 Å². The molecule has 0 aromatic heterocycles. The van der Waals surface area contributed by atoms with E-state index in [9.17, 15) is 18.0 Å². The van der Waals surface area contributed by atoms with Gasteiger partial charge in [-0.1, -0.05) is 48.5 Å². The summed E-state index contributed by atoms with van der Waals surface area (Å²) in [5, 5.41) is 2.86. The monoisotopic (exact) mass is 633 g/mol. The zero-order chi connectivity index (χ0) is 27.0. The third-order valence-corrected chi connectivity index (χ3v) is 8.31. The molecule has 0 aliphatic rings. The van der Waals surface area contributed by atoms with Crippen molar-refractivity contribution < 1.29 is 18.0 Å². The Morgan fingerprint density at radius 3 is 2.00 bits per heavy atom. The van der Waals surface area contributed by atoms with Crippen LogP contribution < -0.4 is 9.62 Å². The maximum atomic E-state index is 13.8. The van der Waals surface area contributed by atoms with E-state index in [0.29, 0.717) is 12.1 Å². The first-order valence-corrected chi connectivity index (χ1v) is 14.6. The second-order valence-electron chi connectivity index (χ2n) is 8.96. The maximum Gasteiger partial charge on any atom is 0.264 e. The van der Waals surface area contributed by atoms with Gasteiger partial charge in [0.25, 0.3) is 10.0 Å². The standard InChI is InChI=1S/C28H32IN3O4S/c1-21(2)30-28(34)22(3)31(19-18-23-10-6-4-7-11-23)27(33)20-32(25-16-14-24(29)15-17-25)37(35,36)26-12-8-5-9-13-26/h4-17,21-22H,18-20H2,1-3H3,(H,30,34)/t22-/m0/s1. The Balaban J connectivity index is 1.95. The van der Waals surface area contributed by atoms with Gasteiger partial charge in [-0.15, -0.1) is 0 Å². The van der Waals surface area contributed by atoms with Gasteiger partial charge in [-0.2, -0.15) is 0 Å². The molecular formula is C28H32IN3O4S. The van der Waals surface area contributed by atoms with Crippen LogP contribution in [0.5, 0.6) is 0 Å². The van der Waals surface area contributed by atoms with E-state index in [1.165, 1.54) is 17.0 Å². The number of carbonyl (C=O) groups is 2. The van der Waals surface area contributed by atoms with Crippen molar-refractivity contribution in [2.24, 2.45) is 0 Å². The van der Waals surface area contributed by atoms with Crippen LogP contribution in [0.1, 0.15) is 26.3 Å². The molecule has 196 valence electrons. The van der Waals surface area contributed by atoms with E-state index >= 15 is 0 Å². The summed E-state index contributed by atoms with van der Waals surface area (Å²) in [4.78, 5) is 28.2. The lowest BCUT2D eigenvalue weighted by molar-refractivity contribution is -0.139. The first-order chi connectivity index (χ1) is 17.6. The van der Waals surface area contributed by atoms with Gasteiger partial charge in [0.2, 0.25) is 11.8 Å². The minimum Gasteiger partial charge on any atom is -0.352 e. The Morgan fingerprint density at radius 2 is 1.43 bits per heavy atom. The fourth-order valence-electron chi connectivity index (χ4n) is 3.83. The van der Waals surface area contributed by atoms with E-state index in [0.717, 1.165) is 13.4 Å². The molecule has 0 aliphatic carbocycles. The smallest absolute Gasteiger partial charge is 0.264 e. The lowest BCUT2D eigenvalue weighted by Crippen LogP contribution is -2.53. The van der Waals surface area contributed by atoms with Crippen molar-refractivity contribution in [2.75, 3.05) is 17.4 Å². The van der Waals surface area contributed by atoms with Crippen molar-refractivity contribution in [3.8, 4) is 0 Å². The van der Waals surface area contributed by atoms with E-state index < -0.39 is 28.5 Å². The van der Waals surface area contributed by atoms with Crippen LogP contribution in [0.3, 0.4) is 0 Å². The predicted molar refractivity (Wildman–Crippen MR) is 155 cm³/mol. The van der Waals surface area contributed by atoms with Gasteiger partial charge in [-0.3, -0.25) is 13.9 Å². The molecular weight excluding hydrogens is 601 g/mol. The maximum absolute atomic E-state index is 13.8. The average Bonchev–Trinajstić information content (AvgIpc) is 2.88. The number of nitrogens with one attached hydrogen (secondary N) is 1. The molecule has 7 nitrogen and oxygen atoms in total. The molecule has 3 aromatic rings. The second kappa shape index (κ2) is 13.0. The molecule has 1 N–H and O–H groups in total. The summed E-state index contributed by atoms with van der Waals surface area (Å²) in [6, 6.07) is 23.8. The Kier molecular flexibility index (Phi) is 10.1. The molecule has 0 heterocycles. The molecule has 2 amide bonds. The van der Waals surface area contributed by atoms with Gasteiger partial charge in [0.15, 0.2) is 0 Å². The van der Waals surface area contributed by atoms with Crippen LogP contribution in [0, 0.1) is 3.57 Å². The van der Waals surface area contributed by atoms with Crippen LogP contribution in [-0.4, -0.2) is 50.3 Å². The summed E-state index contributed by atoms with van der Waals surface area (Å²) in [7, 11) is -4.04. The highest BCUT2D eigenvalue weighted by Crippen LogP contribution is 2.25. The zero-order valence-corrected chi connectivity index (χ0v) is 24.1. The Morgan fingerprint density at radius 1 is 0.865 bits per heavy atom. The lowest BCUT2D eigenvalue weighted by atomic mass is 10.1. The second-order valence-corrected chi connectivity index (χ2v) is 12.1. The van der Waals surface area contributed by atoms with Crippen molar-refractivity contribution in [3.63, 3.8) is 0 Å². The van der Waals surface area contributed by atoms with Gasteiger partial charge in [0.05, 0.1) is 10.6 Å². The fourth-order valence-corrected chi connectivity index (χ4v) is 5.63. The molecule has 1 atom stereocenters. The SMILES string of the molecule is CC(C)NC(=O)[C@H](C)N(CCc1ccccc1)C(=O)CN(c1ccc(I)cc1)S(=O)(=O)c1ccccc1. The molecule has 9 heteroatoms. The van der Waals surface area contributed by atoms with Crippen LogP contribution in [0.4, 0.5) is 5.69 Å². The third-order valence-electron chi connectivity index (χ3n) is 5.81. The van der Waals surface area contributed by atoms with Crippen molar-refractivity contribution >= 4 is 50.1 Å². The number of anilines is 1. The van der Waals surface area contributed by atoms with Crippen LogP contribution in [0.15, 0.2) is 89.8 Å². The largest absolute Gasteiger partial charge is 0.352 e. The van der Waals surface area contributed by atoms with E-state index in [2.05, 4.69) is 27.9 Å². The van der Waals surface area contributed by atoms with Gasteiger partial charge in [0, 0.05) is 16.2 Å². The first kappa shape index (κ1) is 28.6. The normalized spacial score (nSPS) is 12.1. The molecule has 0 aliphatic heterocycles. The fraction of sp³-hybridized carbons (Fsp3) is 0.286. The molecule has 0 bridgehead atoms. The van der Waals surface area contributed by atoms with E-state index in [1.54, 1.807) is 49.4 Å². The van der Waals surface area contributed by atoms with Crippen molar-refractivity contribution in [1.82, 2.24) is 10.2 Å². The summed E-state index contributed by atoms with van der Waals surface area (Å²) >= 11 is 2.14.